The standard InChI is InChI=1S/C17H21N3O2/c1-9(2)4-11-5-13(11)12-6-15(20-19-10(12)3)14-8-18-17(22)7-16(14)21/h6,8-9,11,13H,4-5,7H2,1-3H3,(H,18,22)/t11-,13-/m0/s1. The van der Waals surface area contributed by atoms with Gasteiger partial charge >= 0.3 is 0 Å². The first-order chi connectivity index (χ1) is 10.5. The largest absolute Gasteiger partial charge is 0.331 e. The molecule has 1 aromatic rings. The van der Waals surface area contributed by atoms with Gasteiger partial charge in [-0.2, -0.15) is 10.2 Å². The highest BCUT2D eigenvalue weighted by atomic mass is 16.2. The Kier molecular flexibility index (Phi) is 3.81. The van der Waals surface area contributed by atoms with Gasteiger partial charge in [-0.25, -0.2) is 0 Å². The van der Waals surface area contributed by atoms with E-state index in [9.17, 15) is 9.59 Å². The van der Waals surface area contributed by atoms with Crippen molar-refractivity contribution in [2.75, 3.05) is 0 Å². The van der Waals surface area contributed by atoms with Gasteiger partial charge in [-0.05, 0) is 49.1 Å². The van der Waals surface area contributed by atoms with Gasteiger partial charge in [-0.1, -0.05) is 13.8 Å². The Hall–Kier alpha value is -2.04. The van der Waals surface area contributed by atoms with Crippen molar-refractivity contribution in [3.8, 4) is 0 Å². The number of allylic oxidation sites excluding steroid dienone is 1. The highest BCUT2D eigenvalue weighted by Gasteiger charge is 2.40. The topological polar surface area (TPSA) is 72.0 Å². The van der Waals surface area contributed by atoms with Crippen LogP contribution in [0.4, 0.5) is 0 Å². The molecule has 0 aromatic carbocycles. The van der Waals surface area contributed by atoms with Gasteiger partial charge in [0, 0.05) is 6.20 Å². The molecule has 0 spiro atoms. The highest BCUT2D eigenvalue weighted by molar-refractivity contribution is 6.27. The number of Topliss-reactive ketones (excluding diaryl/α,β-unsaturated/α-hetero) is 1. The zero-order chi connectivity index (χ0) is 15.9. The molecule has 1 N–H and O–H groups in total. The van der Waals surface area contributed by atoms with Gasteiger partial charge in [0.25, 0.3) is 0 Å². The van der Waals surface area contributed by atoms with E-state index in [1.54, 1.807) is 0 Å². The van der Waals surface area contributed by atoms with E-state index in [-0.39, 0.29) is 18.1 Å². The van der Waals surface area contributed by atoms with Gasteiger partial charge < -0.3 is 5.32 Å². The summed E-state index contributed by atoms with van der Waals surface area (Å²) in [6, 6.07) is 1.98. The van der Waals surface area contributed by atoms with Crippen LogP contribution in [0.1, 0.15) is 56.0 Å². The van der Waals surface area contributed by atoms with Crippen molar-refractivity contribution in [1.82, 2.24) is 15.5 Å². The van der Waals surface area contributed by atoms with Crippen LogP contribution in [0.3, 0.4) is 0 Å². The quantitative estimate of drug-likeness (QED) is 0.866. The summed E-state index contributed by atoms with van der Waals surface area (Å²) in [6.45, 7) is 6.45. The van der Waals surface area contributed by atoms with Crippen molar-refractivity contribution in [1.29, 1.82) is 0 Å². The minimum Gasteiger partial charge on any atom is -0.331 e. The number of nitrogens with one attached hydrogen (secondary N) is 1. The van der Waals surface area contributed by atoms with Crippen molar-refractivity contribution in [2.24, 2.45) is 11.8 Å². The molecule has 2 atom stereocenters. The monoisotopic (exact) mass is 299 g/mol. The summed E-state index contributed by atoms with van der Waals surface area (Å²) in [5.74, 6) is 1.48. The number of amides is 1. The highest BCUT2D eigenvalue weighted by Crippen LogP contribution is 2.51. The molecule has 1 aromatic heterocycles. The molecule has 0 saturated heterocycles. The molecule has 1 saturated carbocycles. The van der Waals surface area contributed by atoms with Gasteiger partial charge in [0.1, 0.15) is 0 Å². The Morgan fingerprint density at radius 1 is 1.32 bits per heavy atom. The fourth-order valence-electron chi connectivity index (χ4n) is 3.21. The molecule has 0 radical (unpaired) electrons. The van der Waals surface area contributed by atoms with Gasteiger partial charge in [0.15, 0.2) is 5.78 Å². The van der Waals surface area contributed by atoms with Gasteiger partial charge in [0.2, 0.25) is 5.91 Å². The minimum absolute atomic E-state index is 0.115. The maximum Gasteiger partial charge on any atom is 0.231 e. The minimum atomic E-state index is -0.270. The van der Waals surface area contributed by atoms with Crippen LogP contribution < -0.4 is 5.32 Å². The number of carbonyl (C=O) groups is 2. The number of ketones is 1. The molecule has 2 aliphatic rings. The Bertz CT molecular complexity index is 664. The van der Waals surface area contributed by atoms with Gasteiger partial charge in [-0.3, -0.25) is 9.59 Å². The first-order valence-electron chi connectivity index (χ1n) is 7.83. The van der Waals surface area contributed by atoms with Crippen LogP contribution >= 0.6 is 0 Å². The molecule has 2 heterocycles. The van der Waals surface area contributed by atoms with E-state index in [2.05, 4.69) is 29.4 Å². The molecule has 5 heteroatoms. The molecular formula is C17H21N3O2. The lowest BCUT2D eigenvalue weighted by atomic mass is 9.98. The molecule has 1 fully saturated rings. The maximum atomic E-state index is 12.0. The average molecular weight is 299 g/mol. The van der Waals surface area contributed by atoms with Crippen LogP contribution in [0.25, 0.3) is 5.57 Å². The van der Waals surface area contributed by atoms with E-state index >= 15 is 0 Å². The lowest BCUT2D eigenvalue weighted by Gasteiger charge is -2.13. The third kappa shape index (κ3) is 2.93. The average Bonchev–Trinajstić information content (AvgIpc) is 3.18. The Morgan fingerprint density at radius 3 is 2.77 bits per heavy atom. The van der Waals surface area contributed by atoms with E-state index in [0.717, 1.165) is 5.69 Å². The van der Waals surface area contributed by atoms with Crippen LogP contribution in [0.2, 0.25) is 0 Å². The molecule has 1 aliphatic heterocycles. The van der Waals surface area contributed by atoms with Crippen LogP contribution in [-0.4, -0.2) is 21.9 Å². The Morgan fingerprint density at radius 2 is 2.09 bits per heavy atom. The number of aryl methyl sites for hydroxylation is 1. The third-order valence-electron chi connectivity index (χ3n) is 4.39. The van der Waals surface area contributed by atoms with Crippen molar-refractivity contribution >= 4 is 17.3 Å². The second kappa shape index (κ2) is 5.63. The van der Waals surface area contributed by atoms with Crippen molar-refractivity contribution in [3.63, 3.8) is 0 Å². The van der Waals surface area contributed by atoms with E-state index in [0.29, 0.717) is 29.0 Å². The van der Waals surface area contributed by atoms with E-state index in [1.807, 2.05) is 13.0 Å². The van der Waals surface area contributed by atoms with E-state index in [4.69, 9.17) is 0 Å². The Balaban J connectivity index is 1.85. The zero-order valence-electron chi connectivity index (χ0n) is 13.2. The summed E-state index contributed by atoms with van der Waals surface area (Å²) in [4.78, 5) is 23.2. The lowest BCUT2D eigenvalue weighted by Crippen LogP contribution is -2.27. The smallest absolute Gasteiger partial charge is 0.231 e. The molecule has 116 valence electrons. The number of carbonyl (C=O) groups excluding carboxylic acids is 2. The second-order valence-corrected chi connectivity index (χ2v) is 6.73. The molecule has 0 bridgehead atoms. The third-order valence-corrected chi connectivity index (χ3v) is 4.39. The molecule has 0 unspecified atom stereocenters. The molecular weight excluding hydrogens is 278 g/mol. The first kappa shape index (κ1) is 14.9. The summed E-state index contributed by atoms with van der Waals surface area (Å²) in [5.41, 5.74) is 3.16. The second-order valence-electron chi connectivity index (χ2n) is 6.73. The van der Waals surface area contributed by atoms with E-state index in [1.165, 1.54) is 24.6 Å². The van der Waals surface area contributed by atoms with Crippen LogP contribution in [0.15, 0.2) is 12.3 Å². The predicted molar refractivity (Wildman–Crippen MR) is 82.8 cm³/mol. The van der Waals surface area contributed by atoms with Gasteiger partial charge in [0.05, 0.1) is 23.4 Å². The molecule has 1 aliphatic carbocycles. The number of hydrogen-bond acceptors (Lipinski definition) is 4. The van der Waals surface area contributed by atoms with Crippen LogP contribution in [-0.2, 0) is 9.59 Å². The lowest BCUT2D eigenvalue weighted by molar-refractivity contribution is -0.125. The summed E-state index contributed by atoms with van der Waals surface area (Å²) >= 11 is 0. The van der Waals surface area contributed by atoms with Crippen molar-refractivity contribution in [2.45, 2.75) is 46.0 Å². The normalized spacial score (nSPS) is 24.3. The summed E-state index contributed by atoms with van der Waals surface area (Å²) in [5, 5.41) is 11.0. The number of nitrogens with zero attached hydrogens (tertiary/aromatic N) is 2. The van der Waals surface area contributed by atoms with E-state index < -0.39 is 0 Å². The molecule has 5 nitrogen and oxygen atoms in total. The number of rotatable bonds is 4. The SMILES string of the molecule is Cc1nnc(C2=CNC(=O)CC2=O)cc1[C@H]1C[C@@H]1CC(C)C. The zero-order valence-corrected chi connectivity index (χ0v) is 13.2. The predicted octanol–water partition coefficient (Wildman–Crippen LogP) is 2.36. The Labute approximate surface area is 130 Å². The number of hydrogen-bond donors (Lipinski definition) is 1. The van der Waals surface area contributed by atoms with Gasteiger partial charge in [-0.15, -0.1) is 0 Å². The fourth-order valence-corrected chi connectivity index (χ4v) is 3.21. The molecule has 3 rings (SSSR count). The van der Waals surface area contributed by atoms with Crippen molar-refractivity contribution < 1.29 is 9.59 Å². The van der Waals surface area contributed by atoms with Crippen LogP contribution in [0.5, 0.6) is 0 Å². The molecule has 1 amide bonds. The first-order valence-corrected chi connectivity index (χ1v) is 7.83. The number of aromatic nitrogens is 2. The summed E-state index contributed by atoms with van der Waals surface area (Å²) in [7, 11) is 0. The summed E-state index contributed by atoms with van der Waals surface area (Å²) < 4.78 is 0. The summed E-state index contributed by atoms with van der Waals surface area (Å²) in [6.07, 6.45) is 3.75. The maximum absolute atomic E-state index is 12.0. The molecule has 22 heavy (non-hydrogen) atoms. The van der Waals surface area contributed by atoms with Crippen LogP contribution in [0, 0.1) is 18.8 Å². The van der Waals surface area contributed by atoms with Crippen molar-refractivity contribution in [3.05, 3.63) is 29.2 Å². The fraction of sp³-hybridized carbons (Fsp3) is 0.529.